The number of ether oxygens (including phenoxy) is 1. The molecule has 1 spiro atoms. The number of aryl methyl sites for hydroxylation is 1. The molecule has 8 heteroatoms. The Kier molecular flexibility index (Phi) is 5.53. The first-order valence-corrected chi connectivity index (χ1v) is 10.3. The third kappa shape index (κ3) is 4.33. The van der Waals surface area contributed by atoms with Gasteiger partial charge in [0.1, 0.15) is 5.75 Å². The topological polar surface area (TPSA) is 61.5 Å². The van der Waals surface area contributed by atoms with Gasteiger partial charge in [-0.2, -0.15) is 5.10 Å². The number of H-pyrrole nitrogens is 1. The molecule has 0 bridgehead atoms. The number of aromatic nitrogens is 2. The van der Waals surface area contributed by atoms with Crippen molar-refractivity contribution in [3.05, 3.63) is 47.3 Å². The number of piperidine rings is 2. The summed E-state index contributed by atoms with van der Waals surface area (Å²) in [6.45, 7) is 3.17. The Morgan fingerprint density at radius 1 is 1.23 bits per heavy atom. The van der Waals surface area contributed by atoms with Crippen LogP contribution in [0.3, 0.4) is 0 Å². The number of nitrogens with zero attached hydrogens (tertiary/aromatic N) is 3. The number of methoxy groups -OCH3 is 1. The molecular formula is C22H28F2N4O2. The molecular weight excluding hydrogens is 390 g/mol. The second-order valence-electron chi connectivity index (χ2n) is 8.68. The van der Waals surface area contributed by atoms with E-state index in [0.717, 1.165) is 29.1 Å². The molecule has 0 aliphatic carbocycles. The van der Waals surface area contributed by atoms with Gasteiger partial charge in [-0.3, -0.25) is 14.8 Å². The fourth-order valence-electron chi connectivity index (χ4n) is 4.92. The van der Waals surface area contributed by atoms with Gasteiger partial charge >= 0.3 is 0 Å². The molecule has 0 radical (unpaired) electrons. The SMILES string of the molecule is COc1cccc(CN2CCCC3(CN(Cc4cc(C)[nH]n4)CC(F)(F)C3)C2=O)c1. The monoisotopic (exact) mass is 418 g/mol. The molecule has 4 rings (SSSR count). The summed E-state index contributed by atoms with van der Waals surface area (Å²) >= 11 is 0. The lowest BCUT2D eigenvalue weighted by atomic mass is 9.71. The minimum atomic E-state index is -2.90. The van der Waals surface area contributed by atoms with E-state index in [-0.39, 0.29) is 18.9 Å². The fraction of sp³-hybridized carbons (Fsp3) is 0.545. The van der Waals surface area contributed by atoms with Crippen molar-refractivity contribution < 1.29 is 18.3 Å². The van der Waals surface area contributed by atoms with E-state index in [0.29, 0.717) is 32.6 Å². The molecule has 2 saturated heterocycles. The van der Waals surface area contributed by atoms with Crippen LogP contribution in [0.2, 0.25) is 0 Å². The Bertz CT molecular complexity index is 916. The average molecular weight is 418 g/mol. The van der Waals surface area contributed by atoms with Gasteiger partial charge in [-0.15, -0.1) is 0 Å². The molecule has 162 valence electrons. The number of carbonyl (C=O) groups is 1. The van der Waals surface area contributed by atoms with Crippen LogP contribution in [0.4, 0.5) is 8.78 Å². The first-order chi connectivity index (χ1) is 14.3. The Morgan fingerprint density at radius 3 is 2.80 bits per heavy atom. The first-order valence-electron chi connectivity index (χ1n) is 10.3. The van der Waals surface area contributed by atoms with E-state index in [4.69, 9.17) is 4.74 Å². The van der Waals surface area contributed by atoms with Crippen LogP contribution >= 0.6 is 0 Å². The summed E-state index contributed by atoms with van der Waals surface area (Å²) in [7, 11) is 1.60. The minimum absolute atomic E-state index is 0.167. The Morgan fingerprint density at radius 2 is 2.07 bits per heavy atom. The van der Waals surface area contributed by atoms with Gasteiger partial charge < -0.3 is 9.64 Å². The van der Waals surface area contributed by atoms with Gasteiger partial charge in [-0.05, 0) is 43.5 Å². The van der Waals surface area contributed by atoms with Crippen LogP contribution in [0, 0.1) is 12.3 Å². The summed E-state index contributed by atoms with van der Waals surface area (Å²) < 4.78 is 34.8. The summed E-state index contributed by atoms with van der Waals surface area (Å²) in [5.74, 6) is -2.35. The third-order valence-corrected chi connectivity index (χ3v) is 6.05. The molecule has 2 fully saturated rings. The Balaban J connectivity index is 1.53. The number of benzene rings is 1. The number of aromatic amines is 1. The Labute approximate surface area is 175 Å². The first kappa shape index (κ1) is 20.8. The number of carbonyl (C=O) groups excluding carboxylic acids is 1. The maximum absolute atomic E-state index is 14.8. The minimum Gasteiger partial charge on any atom is -0.497 e. The van der Waals surface area contributed by atoms with Crippen molar-refractivity contribution in [3.8, 4) is 5.75 Å². The van der Waals surface area contributed by atoms with Gasteiger partial charge in [0.15, 0.2) is 0 Å². The zero-order chi connectivity index (χ0) is 21.4. The zero-order valence-electron chi connectivity index (χ0n) is 17.5. The van der Waals surface area contributed by atoms with E-state index < -0.39 is 11.3 Å². The lowest BCUT2D eigenvalue weighted by molar-refractivity contribution is -0.170. The maximum Gasteiger partial charge on any atom is 0.261 e. The second kappa shape index (κ2) is 7.98. The summed E-state index contributed by atoms with van der Waals surface area (Å²) in [4.78, 5) is 16.9. The third-order valence-electron chi connectivity index (χ3n) is 6.05. The largest absolute Gasteiger partial charge is 0.497 e. The number of hydrogen-bond acceptors (Lipinski definition) is 4. The number of halogens is 2. The summed E-state index contributed by atoms with van der Waals surface area (Å²) in [5.41, 5.74) is 1.49. The van der Waals surface area contributed by atoms with Crippen LogP contribution in [0.1, 0.15) is 36.2 Å². The lowest BCUT2D eigenvalue weighted by Gasteiger charge is -2.49. The van der Waals surface area contributed by atoms with E-state index in [1.165, 1.54) is 0 Å². The predicted octanol–water partition coefficient (Wildman–Crippen LogP) is 3.38. The number of rotatable bonds is 5. The summed E-state index contributed by atoms with van der Waals surface area (Å²) in [6, 6.07) is 9.40. The van der Waals surface area contributed by atoms with Gasteiger partial charge in [-0.25, -0.2) is 8.78 Å². The van der Waals surface area contributed by atoms with Crippen molar-refractivity contribution in [2.45, 2.75) is 45.2 Å². The molecule has 1 aromatic carbocycles. The van der Waals surface area contributed by atoms with E-state index in [9.17, 15) is 13.6 Å². The number of hydrogen-bond donors (Lipinski definition) is 1. The molecule has 0 saturated carbocycles. The Hall–Kier alpha value is -2.48. The van der Waals surface area contributed by atoms with Crippen LogP contribution in [-0.4, -0.2) is 58.6 Å². The lowest BCUT2D eigenvalue weighted by Crippen LogP contribution is -2.60. The number of nitrogens with one attached hydrogen (secondary N) is 1. The number of alkyl halides is 2. The normalized spacial score (nSPS) is 24.4. The average Bonchev–Trinajstić information content (AvgIpc) is 3.09. The smallest absolute Gasteiger partial charge is 0.261 e. The van der Waals surface area contributed by atoms with Crippen LogP contribution in [0.15, 0.2) is 30.3 Å². The van der Waals surface area contributed by atoms with Crippen LogP contribution in [-0.2, 0) is 17.9 Å². The standard InChI is InChI=1S/C22H28F2N4O2/c1-16-9-18(26-25-16)12-27-14-21(13-22(23,24)15-27)7-4-8-28(20(21)29)11-17-5-3-6-19(10-17)30-2/h3,5-6,9-10H,4,7-8,11-15H2,1-2H3,(H,25,26). The molecule has 30 heavy (non-hydrogen) atoms. The van der Waals surface area contributed by atoms with Crippen molar-refractivity contribution >= 4 is 5.91 Å². The van der Waals surface area contributed by atoms with E-state index >= 15 is 0 Å². The van der Waals surface area contributed by atoms with E-state index in [1.807, 2.05) is 37.3 Å². The summed E-state index contributed by atoms with van der Waals surface area (Å²) in [6.07, 6.45) is 0.830. The molecule has 1 unspecified atom stereocenters. The molecule has 2 aromatic rings. The quantitative estimate of drug-likeness (QED) is 0.809. The van der Waals surface area contributed by atoms with E-state index in [1.54, 1.807) is 16.9 Å². The molecule has 1 amide bonds. The maximum atomic E-state index is 14.8. The van der Waals surface area contributed by atoms with Crippen molar-refractivity contribution in [2.75, 3.05) is 26.7 Å². The van der Waals surface area contributed by atoms with Crippen LogP contribution in [0.25, 0.3) is 0 Å². The predicted molar refractivity (Wildman–Crippen MR) is 108 cm³/mol. The highest BCUT2D eigenvalue weighted by atomic mass is 19.3. The molecule has 1 atom stereocenters. The molecule has 1 aromatic heterocycles. The number of likely N-dealkylation sites (tertiary alicyclic amines) is 2. The molecule has 2 aliphatic heterocycles. The number of amides is 1. The van der Waals surface area contributed by atoms with Gasteiger partial charge in [0.05, 0.1) is 24.8 Å². The van der Waals surface area contributed by atoms with Crippen LogP contribution < -0.4 is 4.74 Å². The van der Waals surface area contributed by atoms with Crippen molar-refractivity contribution in [1.29, 1.82) is 0 Å². The van der Waals surface area contributed by atoms with Gasteiger partial charge in [0.25, 0.3) is 5.92 Å². The van der Waals surface area contributed by atoms with Crippen molar-refractivity contribution in [3.63, 3.8) is 0 Å². The highest BCUT2D eigenvalue weighted by Crippen LogP contribution is 2.45. The van der Waals surface area contributed by atoms with Gasteiger partial charge in [-0.1, -0.05) is 12.1 Å². The summed E-state index contributed by atoms with van der Waals surface area (Å²) in [5, 5.41) is 7.03. The highest BCUT2D eigenvalue weighted by molar-refractivity contribution is 5.84. The van der Waals surface area contributed by atoms with Crippen LogP contribution in [0.5, 0.6) is 5.75 Å². The molecule has 2 aliphatic rings. The molecule has 3 heterocycles. The fourth-order valence-corrected chi connectivity index (χ4v) is 4.92. The molecule has 1 N–H and O–H groups in total. The van der Waals surface area contributed by atoms with E-state index in [2.05, 4.69) is 10.2 Å². The van der Waals surface area contributed by atoms with Gasteiger partial charge in [0.2, 0.25) is 5.91 Å². The second-order valence-corrected chi connectivity index (χ2v) is 8.68. The highest BCUT2D eigenvalue weighted by Gasteiger charge is 2.55. The van der Waals surface area contributed by atoms with Crippen molar-refractivity contribution in [1.82, 2.24) is 20.0 Å². The zero-order valence-corrected chi connectivity index (χ0v) is 17.5. The van der Waals surface area contributed by atoms with Crippen molar-refractivity contribution in [2.24, 2.45) is 5.41 Å². The van der Waals surface area contributed by atoms with Gasteiger partial charge in [0, 0.05) is 38.3 Å². The molecule has 6 nitrogen and oxygen atoms in total.